The molecule has 2 nitrogen and oxygen atoms in total. The van der Waals surface area contributed by atoms with Crippen molar-refractivity contribution in [1.82, 2.24) is 0 Å². The lowest BCUT2D eigenvalue weighted by atomic mass is 9.78. The maximum absolute atomic E-state index is 6.01. The Balaban J connectivity index is 5.60. The summed E-state index contributed by atoms with van der Waals surface area (Å²) in [5.74, 6) is 0. The smallest absolute Gasteiger partial charge is 0.346 e. The zero-order valence-electron chi connectivity index (χ0n) is 13.3. The minimum atomic E-state index is -2.23. The Bertz CT molecular complexity index is 232. The highest BCUT2D eigenvalue weighted by molar-refractivity contribution is 6.72. The first-order valence-corrected chi connectivity index (χ1v) is 8.66. The van der Waals surface area contributed by atoms with Crippen molar-refractivity contribution in [3.8, 4) is 0 Å². The summed E-state index contributed by atoms with van der Waals surface area (Å²) in [5, 5.41) is 0.0771. The summed E-state index contributed by atoms with van der Waals surface area (Å²) < 4.78 is 12.0. The highest BCUT2D eigenvalue weighted by Gasteiger charge is 2.59. The van der Waals surface area contributed by atoms with E-state index in [2.05, 4.69) is 48.5 Å². The molecule has 0 bridgehead atoms. The van der Waals surface area contributed by atoms with Gasteiger partial charge in [-0.05, 0) is 5.41 Å². The van der Waals surface area contributed by atoms with Gasteiger partial charge in [0, 0.05) is 24.8 Å². The zero-order valence-corrected chi connectivity index (χ0v) is 14.3. The molecule has 0 saturated heterocycles. The summed E-state index contributed by atoms with van der Waals surface area (Å²) in [5.41, 5.74) is 0.715. The van der Waals surface area contributed by atoms with Gasteiger partial charge in [-0.15, -0.1) is 0 Å². The number of hydrogen-bond donors (Lipinski definition) is 0. The third kappa shape index (κ3) is 2.61. The van der Waals surface area contributed by atoms with Crippen LogP contribution in [-0.2, 0) is 8.85 Å². The van der Waals surface area contributed by atoms with Gasteiger partial charge in [0.15, 0.2) is 0 Å². The molecule has 17 heavy (non-hydrogen) atoms. The van der Waals surface area contributed by atoms with Crippen LogP contribution in [-0.4, -0.2) is 22.8 Å². The molecule has 1 atom stereocenters. The summed E-state index contributed by atoms with van der Waals surface area (Å²) >= 11 is 0. The molecule has 0 rings (SSSR count). The second-order valence-corrected chi connectivity index (χ2v) is 10.6. The maximum Gasteiger partial charge on any atom is 0.346 e. The fourth-order valence-electron chi connectivity index (χ4n) is 2.79. The highest BCUT2D eigenvalue weighted by Crippen LogP contribution is 2.58. The summed E-state index contributed by atoms with van der Waals surface area (Å²) in [6.45, 7) is 16.0. The second-order valence-electron chi connectivity index (χ2n) is 6.25. The molecule has 0 heterocycles. The van der Waals surface area contributed by atoms with Crippen LogP contribution in [0.4, 0.5) is 0 Å². The minimum absolute atomic E-state index is 0.0771. The summed E-state index contributed by atoms with van der Waals surface area (Å²) in [7, 11) is 1.43. The van der Waals surface area contributed by atoms with Gasteiger partial charge in [0.1, 0.15) is 0 Å². The van der Waals surface area contributed by atoms with Crippen LogP contribution in [0, 0.1) is 5.41 Å². The standard InChI is InChI=1S/C14H32O2Si/c1-10-12(3)17(15-8,16-9)14(6,7)13(4,5)11-2/h12H,10-11H2,1-9H3. The van der Waals surface area contributed by atoms with Gasteiger partial charge in [-0.2, -0.15) is 0 Å². The average Bonchev–Trinajstić information content (AvgIpc) is 2.30. The van der Waals surface area contributed by atoms with Gasteiger partial charge in [0.2, 0.25) is 0 Å². The Hall–Kier alpha value is 0.137. The van der Waals surface area contributed by atoms with Crippen molar-refractivity contribution >= 4 is 8.56 Å². The second kappa shape index (κ2) is 5.85. The Labute approximate surface area is 109 Å². The van der Waals surface area contributed by atoms with E-state index in [0.717, 1.165) is 12.8 Å². The molecule has 3 heteroatoms. The first-order valence-electron chi connectivity index (χ1n) is 6.77. The van der Waals surface area contributed by atoms with E-state index < -0.39 is 8.56 Å². The highest BCUT2D eigenvalue weighted by atomic mass is 28.4. The lowest BCUT2D eigenvalue weighted by Gasteiger charge is -2.52. The number of rotatable bonds is 7. The van der Waals surface area contributed by atoms with Gasteiger partial charge in [-0.25, -0.2) is 0 Å². The fraction of sp³-hybridized carbons (Fsp3) is 1.00. The average molecular weight is 260 g/mol. The molecule has 0 spiro atoms. The number of hydrogen-bond acceptors (Lipinski definition) is 2. The minimum Gasteiger partial charge on any atom is -0.397 e. The van der Waals surface area contributed by atoms with E-state index in [1.54, 1.807) is 0 Å². The van der Waals surface area contributed by atoms with Crippen molar-refractivity contribution in [2.75, 3.05) is 14.2 Å². The normalized spacial score (nSPS) is 16.1. The van der Waals surface area contributed by atoms with Crippen LogP contribution >= 0.6 is 0 Å². The molecular weight excluding hydrogens is 228 g/mol. The van der Waals surface area contributed by atoms with Crippen LogP contribution in [0.3, 0.4) is 0 Å². The molecule has 0 aliphatic rings. The van der Waals surface area contributed by atoms with E-state index in [1.165, 1.54) is 0 Å². The lowest BCUT2D eigenvalue weighted by molar-refractivity contribution is 0.133. The topological polar surface area (TPSA) is 18.5 Å². The summed E-state index contributed by atoms with van der Waals surface area (Å²) in [4.78, 5) is 0. The van der Waals surface area contributed by atoms with E-state index in [0.29, 0.717) is 5.54 Å². The molecule has 0 aliphatic carbocycles. The van der Waals surface area contributed by atoms with Crippen LogP contribution in [0.1, 0.15) is 61.3 Å². The molecule has 0 amide bonds. The first-order chi connectivity index (χ1) is 7.66. The van der Waals surface area contributed by atoms with Crippen molar-refractivity contribution in [3.05, 3.63) is 0 Å². The molecule has 0 saturated carbocycles. The molecule has 0 aliphatic heterocycles. The molecule has 0 aromatic heterocycles. The van der Waals surface area contributed by atoms with E-state index in [4.69, 9.17) is 8.85 Å². The SMILES string of the molecule is CCC(C)[Si](OC)(OC)C(C)(C)C(C)(C)CC. The van der Waals surface area contributed by atoms with Crippen molar-refractivity contribution in [3.63, 3.8) is 0 Å². The van der Waals surface area contributed by atoms with Crippen LogP contribution < -0.4 is 0 Å². The van der Waals surface area contributed by atoms with Crippen molar-refractivity contribution in [1.29, 1.82) is 0 Å². The molecule has 0 N–H and O–H groups in total. The van der Waals surface area contributed by atoms with Crippen molar-refractivity contribution in [2.24, 2.45) is 5.41 Å². The van der Waals surface area contributed by atoms with Gasteiger partial charge < -0.3 is 8.85 Å². The van der Waals surface area contributed by atoms with Crippen molar-refractivity contribution in [2.45, 2.75) is 71.9 Å². The van der Waals surface area contributed by atoms with Crippen LogP contribution in [0.2, 0.25) is 10.6 Å². The first kappa shape index (κ1) is 17.1. The third-order valence-electron chi connectivity index (χ3n) is 5.31. The predicted molar refractivity (Wildman–Crippen MR) is 77.6 cm³/mol. The predicted octanol–water partition coefficient (Wildman–Crippen LogP) is 4.74. The Morgan fingerprint density at radius 3 is 1.65 bits per heavy atom. The Kier molecular flexibility index (Phi) is 5.90. The van der Waals surface area contributed by atoms with Gasteiger partial charge >= 0.3 is 8.56 Å². The summed E-state index contributed by atoms with van der Waals surface area (Å²) in [6, 6.07) is 0. The van der Waals surface area contributed by atoms with Gasteiger partial charge in [0.25, 0.3) is 0 Å². The molecule has 0 aromatic carbocycles. The van der Waals surface area contributed by atoms with E-state index in [1.807, 2.05) is 14.2 Å². The van der Waals surface area contributed by atoms with Gasteiger partial charge in [0.05, 0.1) is 0 Å². The Morgan fingerprint density at radius 1 is 1.00 bits per heavy atom. The molecule has 0 fully saturated rings. The fourth-order valence-corrected chi connectivity index (χ4v) is 7.68. The van der Waals surface area contributed by atoms with Gasteiger partial charge in [-0.3, -0.25) is 0 Å². The maximum atomic E-state index is 6.01. The Morgan fingerprint density at radius 2 is 1.41 bits per heavy atom. The summed E-state index contributed by atoms with van der Waals surface area (Å²) in [6.07, 6.45) is 2.25. The monoisotopic (exact) mass is 260 g/mol. The van der Waals surface area contributed by atoms with Gasteiger partial charge in [-0.1, -0.05) is 61.3 Å². The third-order valence-corrected chi connectivity index (χ3v) is 10.7. The zero-order chi connectivity index (χ0) is 13.9. The molecule has 104 valence electrons. The largest absolute Gasteiger partial charge is 0.397 e. The van der Waals surface area contributed by atoms with Crippen LogP contribution in [0.15, 0.2) is 0 Å². The van der Waals surface area contributed by atoms with E-state index in [9.17, 15) is 0 Å². The molecule has 1 unspecified atom stereocenters. The van der Waals surface area contributed by atoms with Crippen molar-refractivity contribution < 1.29 is 8.85 Å². The van der Waals surface area contributed by atoms with Crippen LogP contribution in [0.5, 0.6) is 0 Å². The van der Waals surface area contributed by atoms with E-state index >= 15 is 0 Å². The lowest BCUT2D eigenvalue weighted by Crippen LogP contribution is -2.58. The van der Waals surface area contributed by atoms with Crippen LogP contribution in [0.25, 0.3) is 0 Å². The van der Waals surface area contributed by atoms with E-state index in [-0.39, 0.29) is 10.5 Å². The molecule has 0 radical (unpaired) electrons. The quantitative estimate of drug-likeness (QED) is 0.616. The molecular formula is C14H32O2Si. The molecule has 0 aromatic rings.